The van der Waals surface area contributed by atoms with Crippen molar-refractivity contribution >= 4 is 44.8 Å². The van der Waals surface area contributed by atoms with Crippen molar-refractivity contribution in [3.8, 4) is 0 Å². The second-order valence-corrected chi connectivity index (χ2v) is 8.35. The fourth-order valence-electron chi connectivity index (χ4n) is 3.11. The fourth-order valence-corrected chi connectivity index (χ4v) is 5.07. The van der Waals surface area contributed by atoms with E-state index in [4.69, 9.17) is 16.7 Å². The van der Waals surface area contributed by atoms with E-state index in [1.54, 1.807) is 10.4 Å². The minimum atomic E-state index is -3.00. The van der Waals surface area contributed by atoms with E-state index in [1.807, 2.05) is 30.3 Å². The van der Waals surface area contributed by atoms with Gasteiger partial charge in [-0.05, 0) is 30.4 Å². The number of unbranched alkanes of at least 4 members (excludes halogenated alkanes) is 2. The zero-order chi connectivity index (χ0) is 17.3. The quantitative estimate of drug-likeness (QED) is 0.476. The number of carbonyl (C=O) groups is 1. The average Bonchev–Trinajstić information content (AvgIpc) is 2.77. The Kier molecular flexibility index (Phi) is 4.92. The average molecular weight is 370 g/mol. The van der Waals surface area contributed by atoms with Crippen molar-refractivity contribution in [2.24, 2.45) is 0 Å². The van der Waals surface area contributed by atoms with Crippen molar-refractivity contribution in [1.82, 2.24) is 0 Å². The van der Waals surface area contributed by atoms with E-state index in [0.717, 1.165) is 29.3 Å². The number of benzene rings is 2. The largest absolute Gasteiger partial charge is 0.480 e. The summed E-state index contributed by atoms with van der Waals surface area (Å²) < 4.78 is 23.0. The van der Waals surface area contributed by atoms with Crippen LogP contribution < -0.4 is 4.31 Å². The predicted octanol–water partition coefficient (Wildman–Crippen LogP) is 4.94. The zero-order valence-electron chi connectivity index (χ0n) is 13.1. The van der Waals surface area contributed by atoms with Gasteiger partial charge >= 0.3 is 5.97 Å². The van der Waals surface area contributed by atoms with Crippen molar-refractivity contribution in [3.05, 3.63) is 36.4 Å². The van der Waals surface area contributed by atoms with E-state index in [9.17, 15) is 13.9 Å². The van der Waals surface area contributed by atoms with Gasteiger partial charge in [0, 0.05) is 11.9 Å². The molecular weight excluding hydrogens is 350 g/mol. The van der Waals surface area contributed by atoms with Gasteiger partial charge in [0.2, 0.25) is 0 Å². The number of nitrogens with zero attached hydrogens (tertiary/aromatic N) is 1. The number of carboxylic acids is 1. The lowest BCUT2D eigenvalue weighted by Crippen LogP contribution is -2.25. The van der Waals surface area contributed by atoms with Crippen LogP contribution in [0.25, 0.3) is 10.8 Å². The molecule has 7 heteroatoms. The Morgan fingerprint density at radius 3 is 2.54 bits per heavy atom. The van der Waals surface area contributed by atoms with E-state index < -0.39 is 22.1 Å². The van der Waals surface area contributed by atoms with Crippen LogP contribution >= 0.6 is 22.4 Å². The van der Waals surface area contributed by atoms with Crippen molar-refractivity contribution in [2.75, 3.05) is 10.8 Å². The number of hydrogen-bond donors (Lipinski definition) is 3. The van der Waals surface area contributed by atoms with Crippen LogP contribution in [0, 0.1) is 0 Å². The molecule has 0 bridgehead atoms. The third kappa shape index (κ3) is 3.07. The molecule has 24 heavy (non-hydrogen) atoms. The number of carboxylic acid groups (broad SMARTS) is 1. The first kappa shape index (κ1) is 17.4. The topological polar surface area (TPSA) is 81.0 Å². The lowest BCUT2D eigenvalue weighted by molar-refractivity contribution is -0.136. The Morgan fingerprint density at radius 1 is 1.12 bits per heavy atom. The van der Waals surface area contributed by atoms with Crippen LogP contribution in [0.5, 0.6) is 0 Å². The molecular formula is C17H20ClNO4S. The summed E-state index contributed by atoms with van der Waals surface area (Å²) in [5, 5.41) is 9.82. The first-order chi connectivity index (χ1) is 11.4. The SMILES string of the molecule is O=C(O)C(Cl)CCCCCN1c2cccc3cccc(c23)S1(O)O. The standard InChI is InChI=1S/C17H20ClNO4S/c18-13(17(20)21)8-2-1-3-11-19-14-9-4-6-12-7-5-10-15(16(12)14)24(19,22)23/h4-7,9-10,13,22-23H,1-3,8,11H2,(H,20,21). The zero-order valence-corrected chi connectivity index (χ0v) is 14.6. The highest BCUT2D eigenvalue weighted by atomic mass is 35.5. The van der Waals surface area contributed by atoms with Gasteiger partial charge in [-0.15, -0.1) is 11.6 Å². The highest BCUT2D eigenvalue weighted by Gasteiger charge is 2.35. The molecule has 2 aromatic rings. The van der Waals surface area contributed by atoms with Crippen LogP contribution in [0.2, 0.25) is 0 Å². The minimum Gasteiger partial charge on any atom is -0.480 e. The number of rotatable bonds is 7. The van der Waals surface area contributed by atoms with E-state index in [2.05, 4.69) is 0 Å². The molecule has 0 radical (unpaired) electrons. The Morgan fingerprint density at radius 2 is 1.83 bits per heavy atom. The summed E-state index contributed by atoms with van der Waals surface area (Å²) in [7, 11) is -3.00. The summed E-state index contributed by atoms with van der Waals surface area (Å²) in [4.78, 5) is 11.3. The molecule has 0 spiro atoms. The first-order valence-electron chi connectivity index (χ1n) is 7.87. The van der Waals surface area contributed by atoms with Gasteiger partial charge in [-0.25, -0.2) is 0 Å². The molecule has 3 N–H and O–H groups in total. The number of aliphatic carboxylic acids is 1. The summed E-state index contributed by atoms with van der Waals surface area (Å²) in [5.74, 6) is -0.993. The maximum absolute atomic E-state index is 10.7. The van der Waals surface area contributed by atoms with Gasteiger partial charge in [-0.1, -0.05) is 47.9 Å². The van der Waals surface area contributed by atoms with E-state index in [1.165, 1.54) is 0 Å². The van der Waals surface area contributed by atoms with Crippen LogP contribution in [0.3, 0.4) is 0 Å². The highest BCUT2D eigenvalue weighted by molar-refractivity contribution is 8.26. The summed E-state index contributed by atoms with van der Waals surface area (Å²) in [5.41, 5.74) is 0.851. The van der Waals surface area contributed by atoms with Crippen molar-refractivity contribution in [3.63, 3.8) is 0 Å². The maximum atomic E-state index is 10.7. The third-order valence-electron chi connectivity index (χ3n) is 4.30. The maximum Gasteiger partial charge on any atom is 0.321 e. The molecule has 1 aliphatic heterocycles. The van der Waals surface area contributed by atoms with Gasteiger partial charge in [0.1, 0.15) is 5.38 Å². The number of alkyl halides is 1. The molecule has 0 aliphatic carbocycles. The third-order valence-corrected chi connectivity index (χ3v) is 6.63. The smallest absolute Gasteiger partial charge is 0.321 e. The van der Waals surface area contributed by atoms with E-state index in [-0.39, 0.29) is 0 Å². The van der Waals surface area contributed by atoms with E-state index in [0.29, 0.717) is 24.3 Å². The fraction of sp³-hybridized carbons (Fsp3) is 0.353. The van der Waals surface area contributed by atoms with Gasteiger partial charge in [-0.2, -0.15) is 0 Å². The van der Waals surface area contributed by atoms with Gasteiger partial charge in [-0.3, -0.25) is 18.2 Å². The summed E-state index contributed by atoms with van der Waals surface area (Å²) in [6.07, 6.45) is 2.64. The molecule has 0 saturated carbocycles. The second-order valence-electron chi connectivity index (χ2n) is 5.91. The second kappa shape index (κ2) is 6.80. The summed E-state index contributed by atoms with van der Waals surface area (Å²) in [6, 6.07) is 11.4. The molecule has 5 nitrogen and oxygen atoms in total. The Bertz CT molecular complexity index is 762. The van der Waals surface area contributed by atoms with Crippen LogP contribution in [0.4, 0.5) is 5.69 Å². The Labute approximate surface area is 147 Å². The van der Waals surface area contributed by atoms with Crippen LogP contribution in [-0.2, 0) is 4.79 Å². The molecule has 130 valence electrons. The molecule has 2 aromatic carbocycles. The van der Waals surface area contributed by atoms with Crippen molar-refractivity contribution in [1.29, 1.82) is 0 Å². The highest BCUT2D eigenvalue weighted by Crippen LogP contribution is 2.63. The number of hydrogen-bond acceptors (Lipinski definition) is 4. The normalized spacial score (nSPS) is 17.9. The monoisotopic (exact) mass is 369 g/mol. The van der Waals surface area contributed by atoms with Gasteiger partial charge in [0.05, 0.1) is 10.6 Å². The minimum absolute atomic E-state index is 0.420. The molecule has 0 aromatic heterocycles. The van der Waals surface area contributed by atoms with Crippen molar-refractivity contribution < 1.29 is 19.0 Å². The summed E-state index contributed by atoms with van der Waals surface area (Å²) >= 11 is 5.70. The molecule has 0 fully saturated rings. The van der Waals surface area contributed by atoms with Gasteiger partial charge in [0.25, 0.3) is 0 Å². The van der Waals surface area contributed by atoms with Crippen molar-refractivity contribution in [2.45, 2.75) is 36.0 Å². The molecule has 1 unspecified atom stereocenters. The van der Waals surface area contributed by atoms with Gasteiger partial charge in [0.15, 0.2) is 0 Å². The lowest BCUT2D eigenvalue weighted by atomic mass is 10.1. The van der Waals surface area contributed by atoms with Crippen LogP contribution in [-0.4, -0.2) is 32.1 Å². The van der Waals surface area contributed by atoms with Gasteiger partial charge < -0.3 is 5.11 Å². The Balaban J connectivity index is 1.67. The summed E-state index contributed by atoms with van der Waals surface area (Å²) in [6.45, 7) is 0.510. The Hall–Kier alpha value is -1.47. The molecule has 1 atom stereocenters. The lowest BCUT2D eigenvalue weighted by Gasteiger charge is -2.39. The van der Waals surface area contributed by atoms with Crippen LogP contribution in [0.15, 0.2) is 41.3 Å². The van der Waals surface area contributed by atoms with E-state index >= 15 is 0 Å². The molecule has 0 amide bonds. The first-order valence-corrected chi connectivity index (χ1v) is 9.81. The molecule has 3 rings (SSSR count). The molecule has 1 aliphatic rings. The molecule has 1 heterocycles. The van der Waals surface area contributed by atoms with Crippen LogP contribution in [0.1, 0.15) is 25.7 Å². The predicted molar refractivity (Wildman–Crippen MR) is 98.2 cm³/mol. The number of anilines is 1. The molecule has 0 saturated heterocycles. The number of halogens is 1.